The first-order chi connectivity index (χ1) is 9.22. The lowest BCUT2D eigenvalue weighted by molar-refractivity contribution is 0.354. The number of benzene rings is 1. The lowest BCUT2D eigenvalue weighted by Crippen LogP contribution is -2.11. The average molecular weight is 298 g/mol. The molecule has 0 bridgehead atoms. The first-order valence-corrected chi connectivity index (χ1v) is 7.08. The zero-order valence-electron chi connectivity index (χ0n) is 10.9. The molecule has 19 heavy (non-hydrogen) atoms. The van der Waals surface area contributed by atoms with Gasteiger partial charge in [0.1, 0.15) is 0 Å². The summed E-state index contributed by atoms with van der Waals surface area (Å²) in [6, 6.07) is 9.87. The molecule has 2 aromatic rings. The van der Waals surface area contributed by atoms with Gasteiger partial charge in [0.05, 0.1) is 18.6 Å². The first kappa shape index (κ1) is 14.2. The SMILES string of the molecule is COc1ccc(CNCc2ccc(Cl)s2)cc1OC. The summed E-state index contributed by atoms with van der Waals surface area (Å²) in [6.07, 6.45) is 0. The van der Waals surface area contributed by atoms with E-state index in [-0.39, 0.29) is 0 Å². The zero-order valence-corrected chi connectivity index (χ0v) is 12.5. The van der Waals surface area contributed by atoms with Gasteiger partial charge in [0.15, 0.2) is 11.5 Å². The van der Waals surface area contributed by atoms with Crippen molar-refractivity contribution in [3.05, 3.63) is 45.1 Å². The minimum Gasteiger partial charge on any atom is -0.493 e. The Labute approximate surface area is 122 Å². The molecule has 1 N–H and O–H groups in total. The summed E-state index contributed by atoms with van der Waals surface area (Å²) in [4.78, 5) is 1.23. The van der Waals surface area contributed by atoms with Crippen molar-refractivity contribution in [2.45, 2.75) is 13.1 Å². The van der Waals surface area contributed by atoms with E-state index in [0.29, 0.717) is 0 Å². The monoisotopic (exact) mass is 297 g/mol. The van der Waals surface area contributed by atoms with E-state index >= 15 is 0 Å². The molecule has 2 rings (SSSR count). The van der Waals surface area contributed by atoms with E-state index in [1.54, 1.807) is 25.6 Å². The van der Waals surface area contributed by atoms with Crippen molar-refractivity contribution in [1.82, 2.24) is 5.32 Å². The van der Waals surface area contributed by atoms with Crippen molar-refractivity contribution in [2.24, 2.45) is 0 Å². The summed E-state index contributed by atoms with van der Waals surface area (Å²) in [5.74, 6) is 1.50. The highest BCUT2D eigenvalue weighted by molar-refractivity contribution is 7.16. The Morgan fingerprint density at radius 3 is 2.47 bits per heavy atom. The third-order valence-electron chi connectivity index (χ3n) is 2.71. The van der Waals surface area contributed by atoms with E-state index in [4.69, 9.17) is 21.1 Å². The molecule has 1 heterocycles. The topological polar surface area (TPSA) is 30.5 Å². The number of rotatable bonds is 6. The predicted molar refractivity (Wildman–Crippen MR) is 79.4 cm³/mol. The van der Waals surface area contributed by atoms with Crippen LogP contribution in [-0.4, -0.2) is 14.2 Å². The molecule has 0 spiro atoms. The van der Waals surface area contributed by atoms with Crippen LogP contribution < -0.4 is 14.8 Å². The molecular formula is C14H16ClNO2S. The Morgan fingerprint density at radius 2 is 1.84 bits per heavy atom. The van der Waals surface area contributed by atoms with Crippen LogP contribution in [0.2, 0.25) is 4.34 Å². The van der Waals surface area contributed by atoms with Gasteiger partial charge < -0.3 is 14.8 Å². The molecule has 1 aromatic heterocycles. The van der Waals surface area contributed by atoms with Crippen LogP contribution >= 0.6 is 22.9 Å². The molecule has 0 atom stereocenters. The Balaban J connectivity index is 1.92. The van der Waals surface area contributed by atoms with E-state index in [1.165, 1.54) is 4.88 Å². The maximum absolute atomic E-state index is 5.89. The standard InChI is InChI=1S/C14H16ClNO2S/c1-17-12-5-3-10(7-13(12)18-2)8-16-9-11-4-6-14(15)19-11/h3-7,16H,8-9H2,1-2H3. The van der Waals surface area contributed by atoms with Gasteiger partial charge in [0.2, 0.25) is 0 Å². The van der Waals surface area contributed by atoms with Gasteiger partial charge in [-0.2, -0.15) is 0 Å². The summed E-state index contributed by atoms with van der Waals surface area (Å²) in [5, 5.41) is 3.38. The summed E-state index contributed by atoms with van der Waals surface area (Å²) in [5.41, 5.74) is 1.15. The van der Waals surface area contributed by atoms with Gasteiger partial charge in [0.25, 0.3) is 0 Å². The maximum Gasteiger partial charge on any atom is 0.161 e. The molecule has 0 aliphatic carbocycles. The summed E-state index contributed by atoms with van der Waals surface area (Å²) in [7, 11) is 3.28. The van der Waals surface area contributed by atoms with E-state index in [1.807, 2.05) is 30.3 Å². The number of halogens is 1. The predicted octanol–water partition coefficient (Wildman–Crippen LogP) is 3.71. The molecule has 0 saturated carbocycles. The largest absolute Gasteiger partial charge is 0.493 e. The minimum atomic E-state index is 0.747. The molecule has 0 aliphatic rings. The smallest absolute Gasteiger partial charge is 0.161 e. The molecule has 102 valence electrons. The van der Waals surface area contributed by atoms with Crippen molar-refractivity contribution < 1.29 is 9.47 Å². The molecule has 0 radical (unpaired) electrons. The number of hydrogen-bond donors (Lipinski definition) is 1. The second-order valence-corrected chi connectivity index (χ2v) is 5.80. The zero-order chi connectivity index (χ0) is 13.7. The van der Waals surface area contributed by atoms with Crippen LogP contribution in [0.5, 0.6) is 11.5 Å². The van der Waals surface area contributed by atoms with E-state index in [2.05, 4.69) is 5.32 Å². The van der Waals surface area contributed by atoms with Crippen molar-refractivity contribution in [3.63, 3.8) is 0 Å². The fraction of sp³-hybridized carbons (Fsp3) is 0.286. The third kappa shape index (κ3) is 3.86. The Morgan fingerprint density at radius 1 is 1.05 bits per heavy atom. The third-order valence-corrected chi connectivity index (χ3v) is 3.94. The van der Waals surface area contributed by atoms with Crippen LogP contribution in [0.3, 0.4) is 0 Å². The molecule has 0 amide bonds. The van der Waals surface area contributed by atoms with E-state index < -0.39 is 0 Å². The quantitative estimate of drug-likeness (QED) is 0.882. The van der Waals surface area contributed by atoms with Crippen molar-refractivity contribution in [1.29, 1.82) is 0 Å². The minimum absolute atomic E-state index is 0.747. The summed E-state index contributed by atoms with van der Waals surface area (Å²) >= 11 is 7.48. The molecule has 5 heteroatoms. The van der Waals surface area contributed by atoms with Crippen LogP contribution in [-0.2, 0) is 13.1 Å². The van der Waals surface area contributed by atoms with Crippen molar-refractivity contribution >= 4 is 22.9 Å². The van der Waals surface area contributed by atoms with Crippen LogP contribution in [0.15, 0.2) is 30.3 Å². The molecular weight excluding hydrogens is 282 g/mol. The van der Waals surface area contributed by atoms with Gasteiger partial charge >= 0.3 is 0 Å². The van der Waals surface area contributed by atoms with Crippen LogP contribution in [0.4, 0.5) is 0 Å². The van der Waals surface area contributed by atoms with Crippen LogP contribution in [0, 0.1) is 0 Å². The van der Waals surface area contributed by atoms with Gasteiger partial charge in [0, 0.05) is 18.0 Å². The van der Waals surface area contributed by atoms with Gasteiger partial charge in [-0.3, -0.25) is 0 Å². The Kier molecular flexibility index (Phi) is 5.07. The van der Waals surface area contributed by atoms with Crippen LogP contribution in [0.25, 0.3) is 0 Å². The van der Waals surface area contributed by atoms with E-state index in [0.717, 1.165) is 34.5 Å². The lowest BCUT2D eigenvalue weighted by atomic mass is 10.2. The summed E-state index contributed by atoms with van der Waals surface area (Å²) < 4.78 is 11.3. The summed E-state index contributed by atoms with van der Waals surface area (Å²) in [6.45, 7) is 1.58. The highest BCUT2D eigenvalue weighted by Gasteiger charge is 2.04. The lowest BCUT2D eigenvalue weighted by Gasteiger charge is -2.10. The molecule has 3 nitrogen and oxygen atoms in total. The Hall–Kier alpha value is -1.23. The Bertz CT molecular complexity index is 542. The van der Waals surface area contributed by atoms with E-state index in [9.17, 15) is 0 Å². The molecule has 0 fully saturated rings. The molecule has 0 saturated heterocycles. The highest BCUT2D eigenvalue weighted by Crippen LogP contribution is 2.27. The molecule has 0 aliphatic heterocycles. The number of methoxy groups -OCH3 is 2. The fourth-order valence-electron chi connectivity index (χ4n) is 1.77. The van der Waals surface area contributed by atoms with Gasteiger partial charge in [-0.1, -0.05) is 17.7 Å². The molecule has 0 unspecified atom stereocenters. The first-order valence-electron chi connectivity index (χ1n) is 5.88. The van der Waals surface area contributed by atoms with Crippen LogP contribution in [0.1, 0.15) is 10.4 Å². The second kappa shape index (κ2) is 6.80. The van der Waals surface area contributed by atoms with Gasteiger partial charge in [-0.15, -0.1) is 11.3 Å². The number of hydrogen-bond acceptors (Lipinski definition) is 4. The van der Waals surface area contributed by atoms with Crippen molar-refractivity contribution in [2.75, 3.05) is 14.2 Å². The average Bonchev–Trinajstić information content (AvgIpc) is 2.84. The van der Waals surface area contributed by atoms with Crippen molar-refractivity contribution in [3.8, 4) is 11.5 Å². The highest BCUT2D eigenvalue weighted by atomic mass is 35.5. The number of ether oxygens (including phenoxy) is 2. The molecule has 1 aromatic carbocycles. The number of nitrogens with one attached hydrogen (secondary N) is 1. The normalized spacial score (nSPS) is 10.5. The maximum atomic E-state index is 5.89. The van der Waals surface area contributed by atoms with Gasteiger partial charge in [-0.05, 0) is 29.8 Å². The number of thiophene rings is 1. The van der Waals surface area contributed by atoms with Gasteiger partial charge in [-0.25, -0.2) is 0 Å². The second-order valence-electron chi connectivity index (χ2n) is 4.00. The fourth-order valence-corrected chi connectivity index (χ4v) is 2.82.